The van der Waals surface area contributed by atoms with Crippen molar-refractivity contribution in [3.63, 3.8) is 0 Å². The number of amides is 2. The molecule has 0 spiro atoms. The number of nitrogens with one attached hydrogen (secondary N) is 3. The monoisotopic (exact) mass is 525 g/mol. The Morgan fingerprint density at radius 1 is 1.09 bits per heavy atom. The molecule has 2 aromatic carbocycles. The Balaban J connectivity index is 1.62. The van der Waals surface area contributed by atoms with Gasteiger partial charge in [-0.2, -0.15) is 0 Å². The van der Waals surface area contributed by atoms with Crippen molar-refractivity contribution < 1.29 is 9.59 Å². The van der Waals surface area contributed by atoms with E-state index >= 15 is 0 Å². The summed E-state index contributed by atoms with van der Waals surface area (Å²) in [4.78, 5) is 29.5. The number of H-pyrrole nitrogens is 1. The number of aromatic amines is 1. The number of benzene rings is 2. The molecular weight excluding hydrogens is 505 g/mol. The second-order valence-corrected chi connectivity index (χ2v) is 9.82. The van der Waals surface area contributed by atoms with Crippen molar-refractivity contribution in [2.45, 2.75) is 32.0 Å². The van der Waals surface area contributed by atoms with Gasteiger partial charge in [-0.25, -0.2) is 4.98 Å². The van der Waals surface area contributed by atoms with E-state index in [9.17, 15) is 9.59 Å². The zero-order chi connectivity index (χ0) is 24.1. The van der Waals surface area contributed by atoms with Crippen LogP contribution in [0.4, 0.5) is 5.69 Å². The largest absolute Gasteiger partial charge is 0.342 e. The third-order valence-electron chi connectivity index (χ3n) is 4.69. The maximum absolute atomic E-state index is 12.7. The second kappa shape index (κ2) is 11.2. The average Bonchev–Trinajstić information content (AvgIpc) is 3.21. The smallest absolute Gasteiger partial charge is 0.253 e. The van der Waals surface area contributed by atoms with Gasteiger partial charge < -0.3 is 10.6 Å². The molecule has 0 aliphatic heterocycles. The third kappa shape index (κ3) is 6.86. The predicted octanol–water partition coefficient (Wildman–Crippen LogP) is 5.93. The number of nitrogens with zero attached hydrogens (tertiary/aromatic N) is 2. The molecule has 3 rings (SSSR count). The minimum atomic E-state index is -0.436. The fraction of sp³-hybridized carbons (Fsp3) is 0.273. The van der Waals surface area contributed by atoms with Gasteiger partial charge in [-0.1, -0.05) is 66.5 Å². The van der Waals surface area contributed by atoms with Gasteiger partial charge in [0.25, 0.3) is 5.91 Å². The number of hydrogen-bond donors (Lipinski definition) is 3. The summed E-state index contributed by atoms with van der Waals surface area (Å²) in [5.41, 5.74) is 1.87. The van der Waals surface area contributed by atoms with E-state index in [1.165, 1.54) is 17.8 Å². The first kappa shape index (κ1) is 25.4. The molecule has 0 bridgehead atoms. The fourth-order valence-corrected chi connectivity index (χ4v) is 4.18. The first-order valence-corrected chi connectivity index (χ1v) is 12.1. The number of hydrogen-bond acceptors (Lipinski definition) is 5. The molecule has 1 atom stereocenters. The van der Waals surface area contributed by atoms with Crippen LogP contribution in [0.1, 0.15) is 41.6 Å². The van der Waals surface area contributed by atoms with E-state index in [-0.39, 0.29) is 28.5 Å². The molecule has 3 N–H and O–H groups in total. The molecule has 0 unspecified atom stereocenters. The summed E-state index contributed by atoms with van der Waals surface area (Å²) < 4.78 is 0. The number of carbonyl (C=O) groups is 2. The molecule has 33 heavy (non-hydrogen) atoms. The molecule has 11 heteroatoms. The Morgan fingerprint density at radius 3 is 2.52 bits per heavy atom. The van der Waals surface area contributed by atoms with E-state index in [1.54, 1.807) is 24.3 Å². The Bertz CT molecular complexity index is 1170. The summed E-state index contributed by atoms with van der Waals surface area (Å²) in [6, 6.07) is 9.58. The minimum absolute atomic E-state index is 0.0143. The van der Waals surface area contributed by atoms with Crippen molar-refractivity contribution in [1.29, 1.82) is 0 Å². The van der Waals surface area contributed by atoms with Crippen LogP contribution in [0.2, 0.25) is 15.1 Å². The number of anilines is 1. The molecule has 0 saturated heterocycles. The lowest BCUT2D eigenvalue weighted by Crippen LogP contribution is -2.32. The predicted molar refractivity (Wildman–Crippen MR) is 133 cm³/mol. The zero-order valence-electron chi connectivity index (χ0n) is 18.1. The average molecular weight is 527 g/mol. The Morgan fingerprint density at radius 2 is 1.85 bits per heavy atom. The van der Waals surface area contributed by atoms with E-state index in [4.69, 9.17) is 34.8 Å². The van der Waals surface area contributed by atoms with E-state index in [0.717, 1.165) is 5.56 Å². The van der Waals surface area contributed by atoms with Gasteiger partial charge in [0.05, 0.1) is 22.4 Å². The lowest BCUT2D eigenvalue weighted by molar-refractivity contribution is -0.113. The van der Waals surface area contributed by atoms with Crippen molar-refractivity contribution in [2.75, 3.05) is 11.1 Å². The standard InChI is InChI=1S/C22H22Cl3N5O2S/c1-11(2)19(27-21(32)15-7-5-13(23)8-17(15)25)20-28-22(30-29-20)33-10-18(31)26-14-6-4-12(3)16(24)9-14/h4-9,11,19H,10H2,1-3H3,(H,26,31)(H,27,32)(H,28,29,30)/t19-/m1/s1. The molecule has 7 nitrogen and oxygen atoms in total. The van der Waals surface area contributed by atoms with Gasteiger partial charge in [-0.15, -0.1) is 5.10 Å². The number of rotatable bonds is 8. The molecule has 0 radical (unpaired) electrons. The van der Waals surface area contributed by atoms with E-state index < -0.39 is 6.04 Å². The summed E-state index contributed by atoms with van der Waals surface area (Å²) in [5, 5.41) is 14.4. The van der Waals surface area contributed by atoms with Gasteiger partial charge in [0, 0.05) is 15.7 Å². The van der Waals surface area contributed by atoms with Crippen LogP contribution in [0, 0.1) is 12.8 Å². The number of carbonyl (C=O) groups excluding carboxylic acids is 2. The highest BCUT2D eigenvalue weighted by molar-refractivity contribution is 7.99. The van der Waals surface area contributed by atoms with Crippen LogP contribution in [0.5, 0.6) is 0 Å². The zero-order valence-corrected chi connectivity index (χ0v) is 21.2. The number of aryl methyl sites for hydroxylation is 1. The molecule has 2 amide bonds. The van der Waals surface area contributed by atoms with Gasteiger partial charge in [0.1, 0.15) is 5.82 Å². The van der Waals surface area contributed by atoms with E-state index in [2.05, 4.69) is 25.8 Å². The third-order valence-corrected chi connectivity index (χ3v) is 6.50. The summed E-state index contributed by atoms with van der Waals surface area (Å²) in [7, 11) is 0. The van der Waals surface area contributed by atoms with Gasteiger partial charge >= 0.3 is 0 Å². The summed E-state index contributed by atoms with van der Waals surface area (Å²) >= 11 is 19.3. The van der Waals surface area contributed by atoms with E-state index in [0.29, 0.717) is 32.3 Å². The molecular formula is C22H22Cl3N5O2S. The topological polar surface area (TPSA) is 99.8 Å². The van der Waals surface area contributed by atoms with Crippen molar-refractivity contribution in [3.05, 3.63) is 68.4 Å². The second-order valence-electron chi connectivity index (χ2n) is 7.62. The van der Waals surface area contributed by atoms with Crippen molar-refractivity contribution in [2.24, 2.45) is 5.92 Å². The van der Waals surface area contributed by atoms with Crippen LogP contribution >= 0.6 is 46.6 Å². The highest BCUT2D eigenvalue weighted by atomic mass is 35.5. The molecule has 0 aliphatic rings. The number of halogens is 3. The molecule has 0 fully saturated rings. The SMILES string of the molecule is Cc1ccc(NC(=O)CSc2n[nH]c([C@H](NC(=O)c3ccc(Cl)cc3Cl)C(C)C)n2)cc1Cl. The van der Waals surface area contributed by atoms with Crippen LogP contribution in [0.15, 0.2) is 41.6 Å². The van der Waals surface area contributed by atoms with Crippen molar-refractivity contribution in [3.8, 4) is 0 Å². The molecule has 3 aromatic rings. The first-order chi connectivity index (χ1) is 15.6. The van der Waals surface area contributed by atoms with Gasteiger partial charge in [-0.3, -0.25) is 14.7 Å². The van der Waals surface area contributed by atoms with E-state index in [1.807, 2.05) is 26.8 Å². The quantitative estimate of drug-likeness (QED) is 0.316. The maximum Gasteiger partial charge on any atom is 0.253 e. The molecule has 1 aromatic heterocycles. The maximum atomic E-state index is 12.7. The molecule has 0 aliphatic carbocycles. The Hall–Kier alpha value is -2.26. The van der Waals surface area contributed by atoms with Crippen LogP contribution in [0.3, 0.4) is 0 Å². The highest BCUT2D eigenvalue weighted by Gasteiger charge is 2.24. The van der Waals surface area contributed by atoms with Crippen LogP contribution < -0.4 is 10.6 Å². The normalized spacial score (nSPS) is 12.0. The fourth-order valence-electron chi connectivity index (χ4n) is 2.90. The molecule has 0 saturated carbocycles. The van der Waals surface area contributed by atoms with Gasteiger partial charge in [0.2, 0.25) is 11.1 Å². The lowest BCUT2D eigenvalue weighted by atomic mass is 10.0. The summed E-state index contributed by atoms with van der Waals surface area (Å²) in [5.74, 6) is 0.0496. The van der Waals surface area contributed by atoms with Crippen LogP contribution in [-0.4, -0.2) is 32.7 Å². The van der Waals surface area contributed by atoms with Crippen molar-refractivity contribution in [1.82, 2.24) is 20.5 Å². The van der Waals surface area contributed by atoms with Crippen LogP contribution in [-0.2, 0) is 4.79 Å². The Kier molecular flexibility index (Phi) is 8.64. The summed E-state index contributed by atoms with van der Waals surface area (Å²) in [6.07, 6.45) is 0. The number of thioether (sulfide) groups is 1. The van der Waals surface area contributed by atoms with Crippen LogP contribution in [0.25, 0.3) is 0 Å². The van der Waals surface area contributed by atoms with Gasteiger partial charge in [0.15, 0.2) is 0 Å². The lowest BCUT2D eigenvalue weighted by Gasteiger charge is -2.20. The first-order valence-electron chi connectivity index (χ1n) is 10.0. The van der Waals surface area contributed by atoms with Crippen molar-refractivity contribution >= 4 is 64.1 Å². The minimum Gasteiger partial charge on any atom is -0.342 e. The Labute approximate surface area is 211 Å². The highest BCUT2D eigenvalue weighted by Crippen LogP contribution is 2.25. The molecule has 174 valence electrons. The summed E-state index contributed by atoms with van der Waals surface area (Å²) in [6.45, 7) is 5.79. The van der Waals surface area contributed by atoms with Gasteiger partial charge in [-0.05, 0) is 48.7 Å². The number of aromatic nitrogens is 3. The molecule has 1 heterocycles.